The SMILES string of the molecule is CC1(C)CCC(=O)N(Cc2cccc(N)n2)CC1. The highest BCUT2D eigenvalue weighted by molar-refractivity contribution is 5.76. The fraction of sp³-hybridized carbons (Fsp3) is 0.571. The summed E-state index contributed by atoms with van der Waals surface area (Å²) in [4.78, 5) is 18.2. The summed E-state index contributed by atoms with van der Waals surface area (Å²) in [6.45, 7) is 5.83. The van der Waals surface area contributed by atoms with E-state index in [1.165, 1.54) is 0 Å². The van der Waals surface area contributed by atoms with E-state index < -0.39 is 0 Å². The van der Waals surface area contributed by atoms with Gasteiger partial charge in [-0.15, -0.1) is 0 Å². The minimum atomic E-state index is 0.227. The molecule has 1 amide bonds. The number of nitrogen functional groups attached to an aromatic ring is 1. The number of carbonyl (C=O) groups excluding carboxylic acids is 1. The van der Waals surface area contributed by atoms with Crippen molar-refractivity contribution >= 4 is 11.7 Å². The molecule has 1 aromatic heterocycles. The Kier molecular flexibility index (Phi) is 3.55. The number of hydrogen-bond donors (Lipinski definition) is 1. The molecule has 2 rings (SSSR count). The van der Waals surface area contributed by atoms with Gasteiger partial charge in [-0.2, -0.15) is 0 Å². The van der Waals surface area contributed by atoms with Crippen molar-refractivity contribution < 1.29 is 4.79 Å². The van der Waals surface area contributed by atoms with Crippen LogP contribution >= 0.6 is 0 Å². The van der Waals surface area contributed by atoms with E-state index in [1.807, 2.05) is 17.0 Å². The molecule has 4 nitrogen and oxygen atoms in total. The Hall–Kier alpha value is -1.58. The molecule has 4 heteroatoms. The normalized spacial score (nSPS) is 19.7. The second kappa shape index (κ2) is 4.96. The van der Waals surface area contributed by atoms with Gasteiger partial charge in [0.2, 0.25) is 5.91 Å². The molecule has 1 aliphatic rings. The van der Waals surface area contributed by atoms with E-state index in [-0.39, 0.29) is 11.3 Å². The summed E-state index contributed by atoms with van der Waals surface area (Å²) in [5, 5.41) is 0. The lowest BCUT2D eigenvalue weighted by Crippen LogP contribution is -2.30. The molecule has 2 heterocycles. The molecular weight excluding hydrogens is 226 g/mol. The summed E-state index contributed by atoms with van der Waals surface area (Å²) in [5.74, 6) is 0.736. The van der Waals surface area contributed by atoms with Crippen LogP contribution in [0.1, 0.15) is 38.8 Å². The van der Waals surface area contributed by atoms with Crippen molar-refractivity contribution in [2.75, 3.05) is 12.3 Å². The van der Waals surface area contributed by atoms with Crippen LogP contribution in [0.4, 0.5) is 5.82 Å². The van der Waals surface area contributed by atoms with E-state index in [9.17, 15) is 4.79 Å². The number of amides is 1. The second-order valence-corrected chi connectivity index (χ2v) is 5.78. The average Bonchev–Trinajstić information content (AvgIpc) is 2.42. The zero-order valence-electron chi connectivity index (χ0n) is 11.1. The van der Waals surface area contributed by atoms with E-state index in [4.69, 9.17) is 5.73 Å². The van der Waals surface area contributed by atoms with Gasteiger partial charge in [0.1, 0.15) is 5.82 Å². The summed E-state index contributed by atoms with van der Waals surface area (Å²) in [6.07, 6.45) is 2.64. The molecule has 0 bridgehead atoms. The predicted octanol–water partition coefficient (Wildman–Crippen LogP) is 2.20. The van der Waals surface area contributed by atoms with Crippen molar-refractivity contribution in [3.63, 3.8) is 0 Å². The summed E-state index contributed by atoms with van der Waals surface area (Å²) < 4.78 is 0. The molecule has 0 aromatic carbocycles. The largest absolute Gasteiger partial charge is 0.384 e. The van der Waals surface area contributed by atoms with E-state index in [1.54, 1.807) is 6.07 Å². The van der Waals surface area contributed by atoms with E-state index in [0.717, 1.165) is 25.1 Å². The number of nitrogens with zero attached hydrogens (tertiary/aromatic N) is 2. The monoisotopic (exact) mass is 247 g/mol. The average molecular weight is 247 g/mol. The Morgan fingerprint density at radius 1 is 1.39 bits per heavy atom. The summed E-state index contributed by atoms with van der Waals surface area (Å²) in [7, 11) is 0. The zero-order valence-corrected chi connectivity index (χ0v) is 11.1. The third-order valence-corrected chi connectivity index (χ3v) is 3.61. The van der Waals surface area contributed by atoms with Crippen LogP contribution < -0.4 is 5.73 Å². The Labute approximate surface area is 108 Å². The molecule has 2 N–H and O–H groups in total. The third-order valence-electron chi connectivity index (χ3n) is 3.61. The van der Waals surface area contributed by atoms with Crippen LogP contribution in [0.5, 0.6) is 0 Å². The number of rotatable bonds is 2. The van der Waals surface area contributed by atoms with Gasteiger partial charge in [0.05, 0.1) is 12.2 Å². The van der Waals surface area contributed by atoms with Crippen LogP contribution in [-0.2, 0) is 11.3 Å². The van der Waals surface area contributed by atoms with Crippen molar-refractivity contribution in [2.24, 2.45) is 5.41 Å². The van der Waals surface area contributed by atoms with Crippen LogP contribution in [0.25, 0.3) is 0 Å². The molecule has 0 spiro atoms. The van der Waals surface area contributed by atoms with Gasteiger partial charge in [-0.3, -0.25) is 4.79 Å². The Balaban J connectivity index is 2.06. The van der Waals surface area contributed by atoms with Crippen LogP contribution in [-0.4, -0.2) is 22.3 Å². The summed E-state index contributed by atoms with van der Waals surface area (Å²) >= 11 is 0. The van der Waals surface area contributed by atoms with Crippen molar-refractivity contribution in [2.45, 2.75) is 39.7 Å². The molecule has 0 radical (unpaired) electrons. The summed E-state index contributed by atoms with van der Waals surface area (Å²) in [6, 6.07) is 5.56. The molecule has 1 aliphatic heterocycles. The molecule has 0 aliphatic carbocycles. The Morgan fingerprint density at radius 3 is 2.89 bits per heavy atom. The lowest BCUT2D eigenvalue weighted by atomic mass is 9.85. The molecule has 1 fully saturated rings. The first kappa shape index (κ1) is 12.9. The minimum absolute atomic E-state index is 0.227. The summed E-state index contributed by atoms with van der Waals surface area (Å²) in [5.41, 5.74) is 6.78. The number of anilines is 1. The second-order valence-electron chi connectivity index (χ2n) is 5.78. The number of hydrogen-bond acceptors (Lipinski definition) is 3. The first-order valence-electron chi connectivity index (χ1n) is 6.45. The van der Waals surface area contributed by atoms with Crippen LogP contribution in [0, 0.1) is 5.41 Å². The number of likely N-dealkylation sites (tertiary alicyclic amines) is 1. The lowest BCUT2D eigenvalue weighted by molar-refractivity contribution is -0.131. The molecule has 1 saturated heterocycles. The molecule has 0 saturated carbocycles. The smallest absolute Gasteiger partial charge is 0.222 e. The quantitative estimate of drug-likeness (QED) is 0.871. The van der Waals surface area contributed by atoms with E-state index >= 15 is 0 Å². The highest BCUT2D eigenvalue weighted by Crippen LogP contribution is 2.30. The number of carbonyl (C=O) groups is 1. The maximum absolute atomic E-state index is 12.1. The van der Waals surface area contributed by atoms with Crippen molar-refractivity contribution in [1.82, 2.24) is 9.88 Å². The first-order chi connectivity index (χ1) is 8.46. The van der Waals surface area contributed by atoms with Gasteiger partial charge in [-0.25, -0.2) is 4.98 Å². The minimum Gasteiger partial charge on any atom is -0.384 e. The number of aromatic nitrogens is 1. The predicted molar refractivity (Wildman–Crippen MR) is 71.7 cm³/mol. The molecule has 98 valence electrons. The molecule has 0 atom stereocenters. The van der Waals surface area contributed by atoms with Gasteiger partial charge in [-0.1, -0.05) is 19.9 Å². The van der Waals surface area contributed by atoms with Crippen LogP contribution in [0.15, 0.2) is 18.2 Å². The molecule has 0 unspecified atom stereocenters. The number of pyridine rings is 1. The zero-order chi connectivity index (χ0) is 13.2. The fourth-order valence-corrected chi connectivity index (χ4v) is 2.24. The van der Waals surface area contributed by atoms with Crippen molar-refractivity contribution in [1.29, 1.82) is 0 Å². The molecule has 18 heavy (non-hydrogen) atoms. The number of nitrogens with two attached hydrogens (primary N) is 1. The highest BCUT2D eigenvalue weighted by Gasteiger charge is 2.27. The lowest BCUT2D eigenvalue weighted by Gasteiger charge is -2.23. The van der Waals surface area contributed by atoms with Gasteiger partial charge in [0, 0.05) is 13.0 Å². The Morgan fingerprint density at radius 2 is 2.17 bits per heavy atom. The van der Waals surface area contributed by atoms with Gasteiger partial charge >= 0.3 is 0 Å². The van der Waals surface area contributed by atoms with Gasteiger partial charge in [0.15, 0.2) is 0 Å². The molecular formula is C14H21N3O. The fourth-order valence-electron chi connectivity index (χ4n) is 2.24. The highest BCUT2D eigenvalue weighted by atomic mass is 16.2. The first-order valence-corrected chi connectivity index (χ1v) is 6.45. The molecule has 1 aromatic rings. The maximum atomic E-state index is 12.1. The third kappa shape index (κ3) is 3.22. The van der Waals surface area contributed by atoms with Gasteiger partial charge < -0.3 is 10.6 Å². The topological polar surface area (TPSA) is 59.2 Å². The van der Waals surface area contributed by atoms with Gasteiger partial charge in [0.25, 0.3) is 0 Å². The maximum Gasteiger partial charge on any atom is 0.222 e. The van der Waals surface area contributed by atoms with Crippen molar-refractivity contribution in [3.8, 4) is 0 Å². The Bertz CT molecular complexity index is 442. The van der Waals surface area contributed by atoms with E-state index in [0.29, 0.717) is 18.8 Å². The van der Waals surface area contributed by atoms with Gasteiger partial charge in [-0.05, 0) is 30.4 Å². The van der Waals surface area contributed by atoms with E-state index in [2.05, 4.69) is 18.8 Å². The van der Waals surface area contributed by atoms with Crippen LogP contribution in [0.3, 0.4) is 0 Å². The van der Waals surface area contributed by atoms with Crippen LogP contribution in [0.2, 0.25) is 0 Å². The standard InChI is InChI=1S/C14H21N3O/c1-14(2)7-6-13(18)17(9-8-14)10-11-4-3-5-12(15)16-11/h3-5H,6-10H2,1-2H3,(H2,15,16). The van der Waals surface area contributed by atoms with Crippen molar-refractivity contribution in [3.05, 3.63) is 23.9 Å².